The number of carbonyl (C=O) groups is 2. The number of fused-ring (bicyclic) bond motifs is 2. The number of nitrogens with two attached hydrogens (primary N) is 1. The number of amides is 1. The molecule has 126 valence electrons. The van der Waals surface area contributed by atoms with Gasteiger partial charge in [0.2, 0.25) is 5.91 Å². The summed E-state index contributed by atoms with van der Waals surface area (Å²) >= 11 is 1.48. The lowest BCUT2D eigenvalue weighted by Gasteiger charge is -2.49. The Bertz CT molecular complexity index is 873. The summed E-state index contributed by atoms with van der Waals surface area (Å²) in [6, 6.07) is 3.06. The van der Waals surface area contributed by atoms with Crippen LogP contribution in [0.4, 0.5) is 0 Å². The van der Waals surface area contributed by atoms with Crippen molar-refractivity contribution < 1.29 is 44.7 Å². The van der Waals surface area contributed by atoms with Gasteiger partial charge >= 0.3 is 7.07 Å². The van der Waals surface area contributed by atoms with Crippen LogP contribution < -0.4 is 39.4 Å². The van der Waals surface area contributed by atoms with Gasteiger partial charge in [0.25, 0.3) is 0 Å². The average Bonchev–Trinajstić information content (AvgIpc) is 2.96. The zero-order chi connectivity index (χ0) is 16.1. The molecule has 10 heteroatoms. The van der Waals surface area contributed by atoms with Crippen molar-refractivity contribution in [3.63, 3.8) is 0 Å². The number of imidazole rings is 1. The lowest BCUT2D eigenvalue weighted by Crippen LogP contribution is -3.00. The summed E-state index contributed by atoms with van der Waals surface area (Å²) in [6.45, 7) is 0.351. The number of carboxylic acid groups (broad SMARTS) is 1. The number of halogens is 1. The smallest absolute Gasteiger partial charge is 1.00 e. The first-order valence-electron chi connectivity index (χ1n) is 7.03. The Morgan fingerprint density at radius 2 is 2.38 bits per heavy atom. The van der Waals surface area contributed by atoms with Crippen LogP contribution >= 0.6 is 11.8 Å². The number of rotatable bonds is 3. The number of thioether (sulfide) groups is 1. The van der Waals surface area contributed by atoms with Crippen LogP contribution in [0.1, 0.15) is 1.43 Å². The largest absolute Gasteiger partial charge is 1.00 e. The molecule has 2 aliphatic rings. The van der Waals surface area contributed by atoms with Crippen molar-refractivity contribution in [1.29, 1.82) is 0 Å². The molecule has 4 heterocycles. The van der Waals surface area contributed by atoms with Crippen LogP contribution in [0.25, 0.3) is 5.65 Å². The van der Waals surface area contributed by atoms with Crippen LogP contribution in [0.15, 0.2) is 42.0 Å². The topological polar surface area (TPSA) is 108 Å². The van der Waals surface area contributed by atoms with E-state index in [1.807, 2.05) is 22.9 Å². The molecule has 1 saturated heterocycles. The summed E-state index contributed by atoms with van der Waals surface area (Å²) in [4.78, 5) is 24.7. The van der Waals surface area contributed by atoms with Gasteiger partial charge in [-0.15, -0.1) is 16.3 Å². The normalized spacial score (nSPS) is 22.9. The summed E-state index contributed by atoms with van der Waals surface area (Å²) in [5, 5.41) is 15.4. The van der Waals surface area contributed by atoms with Gasteiger partial charge < -0.3 is 39.6 Å². The second-order valence-electron chi connectivity index (χ2n) is 5.43. The van der Waals surface area contributed by atoms with E-state index in [2.05, 4.69) is 5.10 Å². The maximum absolute atomic E-state index is 11.9. The molecule has 1 unspecified atom stereocenters. The van der Waals surface area contributed by atoms with E-state index < -0.39 is 12.0 Å². The SMILES string of the molecule is NC1C(=O)N2C(C(=O)[O-])=C(C[n+]3ccn4ncccc43)CS[C@H]12.[H+].[I-]. The first kappa shape index (κ1) is 17.2. The Morgan fingerprint density at radius 3 is 3.12 bits per heavy atom. The molecule has 2 aromatic heterocycles. The van der Waals surface area contributed by atoms with Crippen molar-refractivity contribution in [3.8, 4) is 0 Å². The Kier molecular flexibility index (Phi) is 4.53. The van der Waals surface area contributed by atoms with E-state index >= 15 is 0 Å². The van der Waals surface area contributed by atoms with E-state index in [-0.39, 0.29) is 42.4 Å². The number of hydrogen-bond donors (Lipinski definition) is 1. The number of aliphatic carboxylic acids is 1. The third-order valence-electron chi connectivity index (χ3n) is 4.08. The number of hydrogen-bond acceptors (Lipinski definition) is 6. The predicted octanol–water partition coefficient (Wildman–Crippen LogP) is -5.02. The standard InChI is InChI=1S/C14H13N5O3S.HI/c15-10-12(20)19-11(14(21)22)8(7-23-13(10)19)6-17-4-5-18-9(17)2-1-3-16-18;/h1-5,10,13H,6-7,15H2;1H/t10?,13-;/m1./s1. The molecule has 0 aromatic carbocycles. The molecule has 2 aromatic rings. The van der Waals surface area contributed by atoms with E-state index in [1.165, 1.54) is 16.7 Å². The summed E-state index contributed by atoms with van der Waals surface area (Å²) in [5.41, 5.74) is 7.15. The van der Waals surface area contributed by atoms with Gasteiger partial charge in [0.15, 0.2) is 6.20 Å². The molecule has 0 saturated carbocycles. The van der Waals surface area contributed by atoms with Gasteiger partial charge in [0.1, 0.15) is 24.2 Å². The molecular formula is C14H14IN5O3S. The molecule has 2 aliphatic heterocycles. The third-order valence-corrected chi connectivity index (χ3v) is 5.44. The van der Waals surface area contributed by atoms with Crippen molar-refractivity contribution >= 4 is 29.3 Å². The molecule has 0 radical (unpaired) electrons. The first-order valence-corrected chi connectivity index (χ1v) is 8.08. The minimum Gasteiger partial charge on any atom is -1.00 e. The lowest BCUT2D eigenvalue weighted by atomic mass is 10.0. The highest BCUT2D eigenvalue weighted by Crippen LogP contribution is 2.39. The zero-order valence-electron chi connectivity index (χ0n) is 13.3. The van der Waals surface area contributed by atoms with Crippen LogP contribution in [-0.2, 0) is 16.1 Å². The van der Waals surface area contributed by atoms with Crippen molar-refractivity contribution in [3.05, 3.63) is 42.0 Å². The molecule has 0 aliphatic carbocycles. The summed E-state index contributed by atoms with van der Waals surface area (Å²) < 4.78 is 3.58. The second-order valence-corrected chi connectivity index (χ2v) is 6.53. The molecule has 1 amide bonds. The van der Waals surface area contributed by atoms with Gasteiger partial charge in [-0.05, 0) is 6.07 Å². The van der Waals surface area contributed by atoms with Gasteiger partial charge in [-0.1, -0.05) is 5.10 Å². The average molecular weight is 459 g/mol. The molecule has 0 spiro atoms. The van der Waals surface area contributed by atoms with Crippen LogP contribution in [0.3, 0.4) is 0 Å². The van der Waals surface area contributed by atoms with E-state index in [9.17, 15) is 14.7 Å². The quantitative estimate of drug-likeness (QED) is 0.280. The highest BCUT2D eigenvalue weighted by atomic mass is 127. The van der Waals surface area contributed by atoms with Gasteiger partial charge in [-0.3, -0.25) is 9.69 Å². The van der Waals surface area contributed by atoms with Crippen molar-refractivity contribution in [1.82, 2.24) is 14.5 Å². The van der Waals surface area contributed by atoms with Crippen molar-refractivity contribution in [2.24, 2.45) is 5.73 Å². The maximum atomic E-state index is 11.9. The minimum atomic E-state index is -1.34. The highest BCUT2D eigenvalue weighted by molar-refractivity contribution is 8.00. The number of aromatic nitrogens is 3. The monoisotopic (exact) mass is 459 g/mol. The fraction of sp³-hybridized carbons (Fsp3) is 0.286. The van der Waals surface area contributed by atoms with E-state index in [0.29, 0.717) is 17.9 Å². The van der Waals surface area contributed by atoms with E-state index in [0.717, 1.165) is 5.65 Å². The molecule has 8 nitrogen and oxygen atoms in total. The minimum absolute atomic E-state index is 0. The van der Waals surface area contributed by atoms with Crippen LogP contribution in [-0.4, -0.2) is 43.6 Å². The molecule has 2 N–H and O–H groups in total. The van der Waals surface area contributed by atoms with Crippen molar-refractivity contribution in [2.75, 3.05) is 5.75 Å². The summed E-state index contributed by atoms with van der Waals surface area (Å²) in [6.07, 6.45) is 5.28. The predicted molar refractivity (Wildman–Crippen MR) is 79.6 cm³/mol. The lowest BCUT2D eigenvalue weighted by molar-refractivity contribution is -0.662. The molecule has 2 atom stereocenters. The Balaban J connectivity index is 0.00000113. The van der Waals surface area contributed by atoms with Crippen LogP contribution in [0.5, 0.6) is 0 Å². The zero-order valence-corrected chi connectivity index (χ0v) is 15.3. The summed E-state index contributed by atoms with van der Waals surface area (Å²) in [5.74, 6) is -1.21. The number of nitrogens with zero attached hydrogens (tertiary/aromatic N) is 4. The van der Waals surface area contributed by atoms with Crippen LogP contribution in [0, 0.1) is 0 Å². The Labute approximate surface area is 159 Å². The number of carbonyl (C=O) groups excluding carboxylic acids is 2. The van der Waals surface area contributed by atoms with Gasteiger partial charge in [0, 0.05) is 17.4 Å². The molecular weight excluding hydrogens is 445 g/mol. The van der Waals surface area contributed by atoms with Gasteiger partial charge in [-0.25, -0.2) is 4.57 Å². The highest BCUT2D eigenvalue weighted by Gasteiger charge is 2.50. The fourth-order valence-corrected chi connectivity index (χ4v) is 4.25. The van der Waals surface area contributed by atoms with E-state index in [1.54, 1.807) is 16.9 Å². The molecule has 4 rings (SSSR count). The summed E-state index contributed by atoms with van der Waals surface area (Å²) in [7, 11) is 0. The van der Waals surface area contributed by atoms with Crippen molar-refractivity contribution in [2.45, 2.75) is 18.0 Å². The Hall–Kier alpha value is -1.66. The molecule has 24 heavy (non-hydrogen) atoms. The maximum Gasteiger partial charge on any atom is 1.00 e. The van der Waals surface area contributed by atoms with E-state index in [4.69, 9.17) is 5.73 Å². The Morgan fingerprint density at radius 1 is 1.58 bits per heavy atom. The fourth-order valence-electron chi connectivity index (χ4n) is 2.97. The number of carboxylic acids is 1. The first-order chi connectivity index (χ1) is 11.1. The number of β-lactam (4-membered cyclic amide) rings is 1. The third kappa shape index (κ3) is 2.48. The van der Waals surface area contributed by atoms with Crippen LogP contribution in [0.2, 0.25) is 0 Å². The van der Waals surface area contributed by atoms with Gasteiger partial charge in [0.05, 0.1) is 17.9 Å². The molecule has 1 fully saturated rings. The second kappa shape index (κ2) is 6.33. The van der Waals surface area contributed by atoms with Gasteiger partial charge in [-0.2, -0.15) is 0 Å². The molecule has 0 bridgehead atoms.